The molecule has 12 heteroatoms. The standard InChI is InChI=1S/C31H27ClF2N6O2S/c1-4-26(41)39-11-10-37(15-20(39)14-35-3)28-18(2)31(42)40-21(16-38-9-5-8-36-38)17-43-30-27(24(32)13-23(28)29(30)40)22-7-6-19(33)12-25(22)34/h4-9,12-13,20-21H,1,10-11,14-17H2,2H3/t20-,21?/m0/s1. The van der Waals surface area contributed by atoms with Gasteiger partial charge in [0.2, 0.25) is 12.5 Å². The fourth-order valence-corrected chi connectivity index (χ4v) is 7.89. The smallest absolute Gasteiger partial charge is 0.256 e. The third-order valence-electron chi connectivity index (χ3n) is 8.10. The quantitative estimate of drug-likeness (QED) is 0.208. The summed E-state index contributed by atoms with van der Waals surface area (Å²) in [6.07, 6.45) is 4.77. The number of rotatable bonds is 6. The average Bonchev–Trinajstić information content (AvgIpc) is 3.50. The van der Waals surface area contributed by atoms with Crippen molar-refractivity contribution in [2.75, 3.05) is 36.8 Å². The number of pyridine rings is 1. The highest BCUT2D eigenvalue weighted by Crippen LogP contribution is 2.49. The first-order chi connectivity index (χ1) is 20.7. The van der Waals surface area contributed by atoms with E-state index in [0.29, 0.717) is 64.5 Å². The van der Waals surface area contributed by atoms with Crippen molar-refractivity contribution in [3.05, 3.63) is 99.4 Å². The fourth-order valence-electron chi connectivity index (χ4n) is 6.20. The minimum Gasteiger partial charge on any atom is -0.366 e. The molecule has 0 N–H and O–H groups in total. The Kier molecular flexibility index (Phi) is 7.75. The van der Waals surface area contributed by atoms with Crippen molar-refractivity contribution >= 4 is 45.9 Å². The summed E-state index contributed by atoms with van der Waals surface area (Å²) in [6.45, 7) is 14.5. The summed E-state index contributed by atoms with van der Waals surface area (Å²) in [5.74, 6) is -1.18. The molecule has 1 amide bonds. The third kappa shape index (κ3) is 4.98. The first-order valence-electron chi connectivity index (χ1n) is 13.7. The lowest BCUT2D eigenvalue weighted by Gasteiger charge is -2.41. The number of benzene rings is 2. The number of thioether (sulfide) groups is 1. The molecule has 1 unspecified atom stereocenters. The molecule has 0 saturated carbocycles. The third-order valence-corrected chi connectivity index (χ3v) is 9.64. The molecule has 0 radical (unpaired) electrons. The predicted molar refractivity (Wildman–Crippen MR) is 165 cm³/mol. The Hall–Kier alpha value is -4.14. The van der Waals surface area contributed by atoms with Crippen LogP contribution in [0.25, 0.3) is 26.9 Å². The number of amides is 1. The van der Waals surface area contributed by atoms with Gasteiger partial charge in [0.1, 0.15) is 17.7 Å². The van der Waals surface area contributed by atoms with Gasteiger partial charge in [-0.1, -0.05) is 18.2 Å². The number of nitrogens with zero attached hydrogens (tertiary/aromatic N) is 6. The molecule has 2 atom stereocenters. The first-order valence-corrected chi connectivity index (χ1v) is 15.1. The second kappa shape index (κ2) is 11.5. The molecule has 1 fully saturated rings. The number of halogens is 3. The van der Waals surface area contributed by atoms with E-state index in [1.807, 2.05) is 17.2 Å². The van der Waals surface area contributed by atoms with Crippen LogP contribution in [0.15, 0.2) is 65.1 Å². The van der Waals surface area contributed by atoms with Gasteiger partial charge in [0, 0.05) is 70.8 Å². The van der Waals surface area contributed by atoms with Crippen LogP contribution in [0.1, 0.15) is 11.6 Å². The van der Waals surface area contributed by atoms with Gasteiger partial charge in [-0.3, -0.25) is 14.3 Å². The van der Waals surface area contributed by atoms with Crippen LogP contribution < -0.4 is 10.5 Å². The molecule has 0 bridgehead atoms. The molecule has 0 spiro atoms. The molecular formula is C31H27ClF2N6O2S. The lowest BCUT2D eigenvalue weighted by Crippen LogP contribution is -2.56. The molecule has 43 heavy (non-hydrogen) atoms. The second-order valence-electron chi connectivity index (χ2n) is 10.6. The zero-order chi connectivity index (χ0) is 30.4. The molecule has 2 aromatic heterocycles. The van der Waals surface area contributed by atoms with Crippen molar-refractivity contribution in [1.29, 1.82) is 0 Å². The predicted octanol–water partition coefficient (Wildman–Crippen LogP) is 5.57. The van der Waals surface area contributed by atoms with Gasteiger partial charge >= 0.3 is 0 Å². The van der Waals surface area contributed by atoms with Gasteiger partial charge in [0.25, 0.3) is 5.56 Å². The van der Waals surface area contributed by atoms with Crippen LogP contribution in [-0.4, -0.2) is 63.1 Å². The van der Waals surface area contributed by atoms with Crippen molar-refractivity contribution < 1.29 is 13.6 Å². The monoisotopic (exact) mass is 620 g/mol. The lowest BCUT2D eigenvalue weighted by molar-refractivity contribution is -0.128. The normalized spacial score (nSPS) is 18.1. The molecule has 8 nitrogen and oxygen atoms in total. The molecule has 0 aliphatic carbocycles. The van der Waals surface area contributed by atoms with Gasteiger partial charge < -0.3 is 19.2 Å². The minimum absolute atomic E-state index is 0.103. The van der Waals surface area contributed by atoms with E-state index < -0.39 is 17.7 Å². The number of piperazine rings is 1. The average molecular weight is 621 g/mol. The summed E-state index contributed by atoms with van der Waals surface area (Å²) in [5, 5.41) is 5.33. The highest BCUT2D eigenvalue weighted by molar-refractivity contribution is 7.99. The number of carbonyl (C=O) groups excluding carboxylic acids is 1. The van der Waals surface area contributed by atoms with Gasteiger partial charge in [-0.2, -0.15) is 5.10 Å². The van der Waals surface area contributed by atoms with Crippen LogP contribution in [0, 0.1) is 25.1 Å². The van der Waals surface area contributed by atoms with E-state index in [1.165, 1.54) is 30.0 Å². The summed E-state index contributed by atoms with van der Waals surface area (Å²) in [6, 6.07) is 6.30. The molecular weight excluding hydrogens is 594 g/mol. The van der Waals surface area contributed by atoms with E-state index in [4.69, 9.17) is 18.2 Å². The molecule has 4 aromatic rings. The van der Waals surface area contributed by atoms with Crippen LogP contribution in [-0.2, 0) is 11.3 Å². The van der Waals surface area contributed by atoms with Crippen LogP contribution >= 0.6 is 23.4 Å². The highest BCUT2D eigenvalue weighted by atomic mass is 35.5. The molecule has 2 aliphatic heterocycles. The van der Waals surface area contributed by atoms with Crippen molar-refractivity contribution in [2.45, 2.75) is 30.4 Å². The van der Waals surface area contributed by atoms with Crippen LogP contribution in [0.4, 0.5) is 14.5 Å². The number of hydrogen-bond acceptors (Lipinski definition) is 5. The lowest BCUT2D eigenvalue weighted by atomic mass is 9.98. The van der Waals surface area contributed by atoms with E-state index in [0.717, 1.165) is 6.07 Å². The maximum Gasteiger partial charge on any atom is 0.256 e. The maximum absolute atomic E-state index is 15.2. The van der Waals surface area contributed by atoms with Crippen molar-refractivity contribution in [3.63, 3.8) is 0 Å². The van der Waals surface area contributed by atoms with Gasteiger partial charge in [-0.05, 0) is 37.3 Å². The molecule has 220 valence electrons. The van der Waals surface area contributed by atoms with E-state index in [2.05, 4.69) is 16.5 Å². The van der Waals surface area contributed by atoms with E-state index in [-0.39, 0.29) is 34.6 Å². The summed E-state index contributed by atoms with van der Waals surface area (Å²) in [5.41, 5.74) is 2.17. The van der Waals surface area contributed by atoms with Gasteiger partial charge in [-0.25, -0.2) is 15.4 Å². The first kappa shape index (κ1) is 29.0. The Labute approximate surface area is 256 Å². The van der Waals surface area contributed by atoms with E-state index in [9.17, 15) is 14.0 Å². The van der Waals surface area contributed by atoms with Gasteiger partial charge in [0.05, 0.1) is 28.8 Å². The zero-order valence-corrected chi connectivity index (χ0v) is 24.8. The van der Waals surface area contributed by atoms with Gasteiger partial charge in [-0.15, -0.1) is 11.8 Å². The van der Waals surface area contributed by atoms with Crippen LogP contribution in [0.2, 0.25) is 5.02 Å². The maximum atomic E-state index is 15.2. The van der Waals surface area contributed by atoms with Crippen LogP contribution in [0.5, 0.6) is 0 Å². The Morgan fingerprint density at radius 2 is 2.09 bits per heavy atom. The Morgan fingerprint density at radius 1 is 1.28 bits per heavy atom. The molecule has 2 aromatic carbocycles. The summed E-state index contributed by atoms with van der Waals surface area (Å²) in [7, 11) is 0. The number of hydrogen-bond donors (Lipinski definition) is 0. The molecule has 1 saturated heterocycles. The Morgan fingerprint density at radius 3 is 2.79 bits per heavy atom. The van der Waals surface area contributed by atoms with Crippen molar-refractivity contribution in [2.24, 2.45) is 0 Å². The summed E-state index contributed by atoms with van der Waals surface area (Å²) in [4.78, 5) is 34.7. The number of anilines is 1. The summed E-state index contributed by atoms with van der Waals surface area (Å²) >= 11 is 8.41. The zero-order valence-electron chi connectivity index (χ0n) is 23.3. The Balaban J connectivity index is 1.59. The van der Waals surface area contributed by atoms with Crippen molar-refractivity contribution in [1.82, 2.24) is 19.2 Å². The summed E-state index contributed by atoms with van der Waals surface area (Å²) < 4.78 is 32.6. The van der Waals surface area contributed by atoms with Crippen molar-refractivity contribution in [3.8, 4) is 11.1 Å². The molecule has 6 rings (SSSR count). The molecule has 4 heterocycles. The van der Waals surface area contributed by atoms with Crippen LogP contribution in [0.3, 0.4) is 0 Å². The van der Waals surface area contributed by atoms with Gasteiger partial charge in [0.15, 0.2) is 0 Å². The van der Waals surface area contributed by atoms with E-state index >= 15 is 4.39 Å². The second-order valence-corrected chi connectivity index (χ2v) is 12.0. The number of aromatic nitrogens is 3. The number of carbonyl (C=O) groups is 1. The highest BCUT2D eigenvalue weighted by Gasteiger charge is 2.36. The largest absolute Gasteiger partial charge is 0.366 e. The Bertz CT molecular complexity index is 1870. The SMILES string of the molecule is [C-]#[N+]C[C@H]1CN(c2c(C)c(=O)n3c4c(c(-c5ccc(F)cc5F)c(Cl)cc24)SCC3Cn2cccn2)CCN1C(=O)C=C. The fraction of sp³-hybridized carbons (Fsp3) is 0.290. The topological polar surface area (TPSA) is 67.7 Å². The minimum atomic E-state index is -0.747. The van der Waals surface area contributed by atoms with E-state index in [1.54, 1.807) is 33.3 Å². The molecule has 2 aliphatic rings.